The number of nitrogens with two attached hydrogens (primary N) is 1. The number of carboxylic acids is 1. The van der Waals surface area contributed by atoms with Gasteiger partial charge < -0.3 is 37.0 Å². The highest BCUT2D eigenvalue weighted by atomic mass is 32.1. The number of carbonyl (C=O) groups is 6. The van der Waals surface area contributed by atoms with Gasteiger partial charge in [-0.25, -0.2) is 4.98 Å². The minimum Gasteiger partial charge on any atom is -0.481 e. The number of unbranched alkanes of at least 4 members (excludes halogenated alkanes) is 3. The minimum absolute atomic E-state index is 0.0359. The fraction of sp³-hybridized carbons (Fsp3) is 0.674. The van der Waals surface area contributed by atoms with Crippen molar-refractivity contribution in [3.8, 4) is 0 Å². The number of thiazole rings is 1. The molecule has 3 rings (SSSR count). The van der Waals surface area contributed by atoms with Crippen LogP contribution in [0.5, 0.6) is 0 Å². The smallest absolute Gasteiger partial charge is 0.309 e. The number of rotatable bonds is 25. The number of nitrogens with one attached hydrogen (secondary N) is 4. The summed E-state index contributed by atoms with van der Waals surface area (Å²) in [6.07, 6.45) is 8.01. The van der Waals surface area contributed by atoms with Gasteiger partial charge >= 0.3 is 5.97 Å². The predicted octanol–water partition coefficient (Wildman–Crippen LogP) is 5.90. The van der Waals surface area contributed by atoms with Gasteiger partial charge in [0.15, 0.2) is 0 Å². The molecule has 1 saturated heterocycles. The molecule has 0 bridgehead atoms. The van der Waals surface area contributed by atoms with E-state index in [1.54, 1.807) is 43.5 Å². The highest BCUT2D eigenvalue weighted by molar-refractivity contribution is 7.09. The molecule has 1 aromatic heterocycles. The molecule has 62 heavy (non-hydrogen) atoms. The van der Waals surface area contributed by atoms with Gasteiger partial charge in [0.05, 0.1) is 24.0 Å². The lowest BCUT2D eigenvalue weighted by atomic mass is 9.84. The molecule has 16 heteroatoms. The number of carbonyl (C=O) groups excluding carboxylic acids is 5. The molecule has 1 unspecified atom stereocenters. The first kappa shape index (κ1) is 51.9. The maximum Gasteiger partial charge on any atom is 0.309 e. The van der Waals surface area contributed by atoms with Crippen molar-refractivity contribution in [3.63, 3.8) is 0 Å². The van der Waals surface area contributed by atoms with E-state index in [9.17, 15) is 33.9 Å². The van der Waals surface area contributed by atoms with Crippen molar-refractivity contribution in [2.45, 2.75) is 156 Å². The highest BCUT2D eigenvalue weighted by Gasteiger charge is 2.38. The summed E-state index contributed by atoms with van der Waals surface area (Å²) in [7, 11) is 1.96. The normalized spacial score (nSPS) is 17.0. The van der Waals surface area contributed by atoms with E-state index in [2.05, 4.69) is 46.9 Å². The lowest BCUT2D eigenvalue weighted by molar-refractivity contribution is -0.147. The molecule has 0 saturated carbocycles. The van der Waals surface area contributed by atoms with E-state index < -0.39 is 35.4 Å². The second-order valence-corrected chi connectivity index (χ2v) is 18.9. The Morgan fingerprint density at radius 3 is 2.27 bits per heavy atom. The topological polar surface area (TPSA) is 216 Å². The number of aliphatic carboxylic acids is 1. The monoisotopic (exact) mass is 883 g/mol. The number of amides is 5. The van der Waals surface area contributed by atoms with Gasteiger partial charge in [0, 0.05) is 36.6 Å². The van der Waals surface area contributed by atoms with E-state index in [4.69, 9.17) is 10.7 Å². The van der Waals surface area contributed by atoms with Crippen molar-refractivity contribution in [3.05, 3.63) is 45.9 Å². The highest BCUT2D eigenvalue weighted by Crippen LogP contribution is 2.30. The third kappa shape index (κ3) is 15.7. The molecule has 2 aromatic rings. The predicted molar refractivity (Wildman–Crippen MR) is 245 cm³/mol. The number of hydrogen-bond acceptors (Lipinski definition) is 10. The Hall–Kier alpha value is -4.41. The zero-order chi connectivity index (χ0) is 46.1. The lowest BCUT2D eigenvalue weighted by Gasteiger charge is -2.40. The molecule has 7 N–H and O–H groups in total. The summed E-state index contributed by atoms with van der Waals surface area (Å²) in [5.41, 5.74) is 5.76. The van der Waals surface area contributed by atoms with E-state index in [-0.39, 0.29) is 66.2 Å². The third-order valence-corrected chi connectivity index (χ3v) is 13.0. The quantitative estimate of drug-likeness (QED) is 0.0650. The van der Waals surface area contributed by atoms with Gasteiger partial charge in [0.25, 0.3) is 5.91 Å². The van der Waals surface area contributed by atoms with Crippen molar-refractivity contribution >= 4 is 52.5 Å². The maximum absolute atomic E-state index is 14.9. The summed E-state index contributed by atoms with van der Waals surface area (Å²) >= 11 is 1.23. The Kier molecular flexibility index (Phi) is 21.0. The largest absolute Gasteiger partial charge is 0.481 e. The van der Waals surface area contributed by atoms with Gasteiger partial charge in [-0.3, -0.25) is 33.7 Å². The number of likely N-dealkylation sites (N-methyl/N-ethyl adjacent to an activating group) is 1. The number of benzene rings is 1. The van der Waals surface area contributed by atoms with Crippen LogP contribution in [0.1, 0.15) is 147 Å². The molecule has 2 heterocycles. The van der Waals surface area contributed by atoms with Crippen LogP contribution in [0.3, 0.4) is 0 Å². The molecule has 6 atom stereocenters. The Labute approximate surface area is 373 Å². The van der Waals surface area contributed by atoms with Gasteiger partial charge in [0.2, 0.25) is 23.6 Å². The van der Waals surface area contributed by atoms with Crippen LogP contribution in [0.2, 0.25) is 0 Å². The lowest BCUT2D eigenvalue weighted by Crippen LogP contribution is -2.59. The van der Waals surface area contributed by atoms with Crippen molar-refractivity contribution in [2.24, 2.45) is 23.0 Å². The van der Waals surface area contributed by atoms with Crippen molar-refractivity contribution < 1.29 is 33.9 Å². The maximum atomic E-state index is 14.9. The van der Waals surface area contributed by atoms with E-state index in [0.29, 0.717) is 36.5 Å². The number of carboxylic acid groups (broad SMARTS) is 1. The molecule has 5 amide bonds. The van der Waals surface area contributed by atoms with Crippen LogP contribution in [-0.2, 0) is 30.4 Å². The zero-order valence-electron chi connectivity index (χ0n) is 38.6. The molecule has 346 valence electrons. The molecule has 1 aliphatic rings. The fourth-order valence-electron chi connectivity index (χ4n) is 8.04. The van der Waals surface area contributed by atoms with Gasteiger partial charge in [-0.05, 0) is 95.5 Å². The fourth-order valence-corrected chi connectivity index (χ4v) is 8.91. The number of aromatic nitrogens is 1. The van der Waals surface area contributed by atoms with Gasteiger partial charge in [-0.1, -0.05) is 78.9 Å². The van der Waals surface area contributed by atoms with Crippen LogP contribution in [-0.4, -0.2) is 106 Å². The summed E-state index contributed by atoms with van der Waals surface area (Å²) in [6.45, 7) is 16.1. The second kappa shape index (κ2) is 25.0. The minimum atomic E-state index is -1.16. The number of piperidine rings is 1. The Morgan fingerprint density at radius 1 is 1.00 bits per heavy atom. The van der Waals surface area contributed by atoms with Crippen molar-refractivity contribution in [2.75, 3.05) is 32.0 Å². The number of anilines is 1. The van der Waals surface area contributed by atoms with E-state index in [0.717, 1.165) is 57.1 Å². The number of likely N-dealkylation sites (tertiary alicyclic amines) is 1. The Balaban J connectivity index is 1.93. The third-order valence-electron chi connectivity index (χ3n) is 12.0. The summed E-state index contributed by atoms with van der Waals surface area (Å²) in [4.78, 5) is 88.0. The first-order valence-corrected chi connectivity index (χ1v) is 23.4. The van der Waals surface area contributed by atoms with Gasteiger partial charge in [-0.2, -0.15) is 0 Å². The van der Waals surface area contributed by atoms with Crippen LogP contribution >= 0.6 is 11.3 Å². The number of nitrogens with zero attached hydrogens (tertiary/aromatic N) is 3. The van der Waals surface area contributed by atoms with E-state index in [1.807, 2.05) is 25.8 Å². The van der Waals surface area contributed by atoms with Crippen LogP contribution < -0.4 is 27.0 Å². The molecule has 1 fully saturated rings. The Morgan fingerprint density at radius 2 is 1.69 bits per heavy atom. The first-order valence-electron chi connectivity index (χ1n) is 22.5. The second-order valence-electron chi connectivity index (χ2n) is 18.0. The molecule has 0 radical (unpaired) electrons. The summed E-state index contributed by atoms with van der Waals surface area (Å²) in [5, 5.41) is 24.0. The number of hydrogen-bond donors (Lipinski definition) is 6. The van der Waals surface area contributed by atoms with Crippen molar-refractivity contribution in [1.29, 1.82) is 0 Å². The Bertz CT molecular complexity index is 1780. The summed E-state index contributed by atoms with van der Waals surface area (Å²) in [5.74, 6) is -2.52. The van der Waals surface area contributed by atoms with Gasteiger partial charge in [-0.15, -0.1) is 11.3 Å². The average Bonchev–Trinajstić information content (AvgIpc) is 3.72. The van der Waals surface area contributed by atoms with Crippen LogP contribution in [0.4, 0.5) is 5.69 Å². The molecule has 0 aliphatic carbocycles. The molecular weight excluding hydrogens is 809 g/mol. The molecule has 1 aromatic carbocycles. The zero-order valence-corrected chi connectivity index (χ0v) is 39.4. The SMILES string of the molecule is CCCCCCN(C(=O)[C@@H](NC(=O)[C@H]1CCCCN1C)[C@@H](C)CC)[C@H](C[C@@H](NC(C)=O)c1nc(C(=O)NC(Cc2ccc(NC(=O)CN)cc2)CC(C)(C)C(=O)O)cs1)C(C)C. The van der Waals surface area contributed by atoms with Gasteiger partial charge in [0.1, 0.15) is 16.7 Å². The van der Waals surface area contributed by atoms with Crippen molar-refractivity contribution in [1.82, 2.24) is 30.7 Å². The standard InChI is InChI=1S/C46H74N8O7S/c1-10-12-13-15-23-54(44(59)40(30(5)11-2)52-42(58)37-17-14-16-22-53(37)9)38(29(3)4)25-35(48-31(6)55)43-51-36(28-62-43)41(57)50-34(26-46(7,8)45(60)61)24-32-18-20-33(21-19-32)49-39(56)27-47/h18-21,28-30,34-35,37-38,40H,10-17,22-27,47H2,1-9H3,(H,48,55)(H,49,56)(H,50,57)(H,52,58)(H,60,61)/t30-,34?,35+,37+,38+,40-/m0/s1. The molecule has 0 spiro atoms. The molecular formula is C46H74N8O7S. The summed E-state index contributed by atoms with van der Waals surface area (Å²) < 4.78 is 0. The van der Waals surface area contributed by atoms with E-state index in [1.165, 1.54) is 18.3 Å². The first-order chi connectivity index (χ1) is 29.3. The molecule has 1 aliphatic heterocycles. The van der Waals surface area contributed by atoms with Crippen LogP contribution in [0.15, 0.2) is 29.6 Å². The van der Waals surface area contributed by atoms with E-state index >= 15 is 0 Å². The molecule has 15 nitrogen and oxygen atoms in total. The average molecular weight is 883 g/mol. The van der Waals surface area contributed by atoms with Crippen LogP contribution in [0, 0.1) is 17.3 Å². The van der Waals surface area contributed by atoms with Crippen LogP contribution in [0.25, 0.3) is 0 Å². The summed E-state index contributed by atoms with van der Waals surface area (Å²) in [6, 6.07) is 4.46.